The molecule has 2 aromatic carbocycles. The summed E-state index contributed by atoms with van der Waals surface area (Å²) in [6.07, 6.45) is 6.51. The van der Waals surface area contributed by atoms with E-state index in [0.717, 1.165) is 17.1 Å². The van der Waals surface area contributed by atoms with Gasteiger partial charge >= 0.3 is 0 Å². The lowest BCUT2D eigenvalue weighted by atomic mass is 10.0. The van der Waals surface area contributed by atoms with Crippen LogP contribution >= 0.6 is 0 Å². The zero-order valence-electron chi connectivity index (χ0n) is 9.35. The van der Waals surface area contributed by atoms with Gasteiger partial charge in [0.15, 0.2) is 6.29 Å². The minimum atomic E-state index is 0.426. The highest BCUT2D eigenvalue weighted by molar-refractivity contribution is 6.00. The third kappa shape index (κ3) is 2.29. The molecule has 0 unspecified atom stereocenters. The van der Waals surface area contributed by atoms with Crippen molar-refractivity contribution in [2.24, 2.45) is 0 Å². The Hall–Kier alpha value is -2.27. The SMILES string of the molecule is C#CCCOc1ccc2ccccc2c1C=O. The Morgan fingerprint density at radius 2 is 2.06 bits per heavy atom. The highest BCUT2D eigenvalue weighted by Gasteiger charge is 2.07. The molecular formula is C15H12O2. The second-order valence-electron chi connectivity index (χ2n) is 3.62. The highest BCUT2D eigenvalue weighted by atomic mass is 16.5. The van der Waals surface area contributed by atoms with Crippen LogP contribution in [0.15, 0.2) is 36.4 Å². The number of fused-ring (bicyclic) bond motifs is 1. The van der Waals surface area contributed by atoms with Crippen LogP contribution in [0.25, 0.3) is 10.8 Å². The average Bonchev–Trinajstić information content (AvgIpc) is 2.38. The Morgan fingerprint density at radius 1 is 1.24 bits per heavy atom. The van der Waals surface area contributed by atoms with Crippen molar-refractivity contribution in [3.63, 3.8) is 0 Å². The van der Waals surface area contributed by atoms with Crippen molar-refractivity contribution in [1.82, 2.24) is 0 Å². The van der Waals surface area contributed by atoms with Crippen LogP contribution in [0.5, 0.6) is 5.75 Å². The molecule has 0 bridgehead atoms. The van der Waals surface area contributed by atoms with Crippen LogP contribution in [0.3, 0.4) is 0 Å². The van der Waals surface area contributed by atoms with E-state index >= 15 is 0 Å². The Kier molecular flexibility index (Phi) is 3.42. The van der Waals surface area contributed by atoms with Gasteiger partial charge in [-0.2, -0.15) is 0 Å². The monoisotopic (exact) mass is 224 g/mol. The minimum Gasteiger partial charge on any atom is -0.492 e. The summed E-state index contributed by atoms with van der Waals surface area (Å²) in [5, 5.41) is 1.93. The molecule has 0 atom stereocenters. The van der Waals surface area contributed by atoms with Crippen LogP contribution < -0.4 is 4.74 Å². The fraction of sp³-hybridized carbons (Fsp3) is 0.133. The zero-order valence-corrected chi connectivity index (χ0v) is 9.35. The molecule has 2 heteroatoms. The molecule has 0 N–H and O–H groups in total. The standard InChI is InChI=1S/C15H12O2/c1-2-3-10-17-15-9-8-12-6-4-5-7-13(12)14(15)11-16/h1,4-9,11H,3,10H2. The number of rotatable bonds is 4. The molecule has 17 heavy (non-hydrogen) atoms. The van der Waals surface area contributed by atoms with Gasteiger partial charge in [-0.1, -0.05) is 30.3 Å². The van der Waals surface area contributed by atoms with Gasteiger partial charge < -0.3 is 4.74 Å². The van der Waals surface area contributed by atoms with Crippen molar-refractivity contribution in [2.45, 2.75) is 6.42 Å². The van der Waals surface area contributed by atoms with E-state index in [9.17, 15) is 4.79 Å². The molecule has 0 aliphatic rings. The third-order valence-electron chi connectivity index (χ3n) is 2.55. The summed E-state index contributed by atoms with van der Waals surface area (Å²) in [4.78, 5) is 11.2. The summed E-state index contributed by atoms with van der Waals surface area (Å²) in [5.41, 5.74) is 0.583. The topological polar surface area (TPSA) is 26.3 Å². The van der Waals surface area contributed by atoms with E-state index in [1.165, 1.54) is 0 Å². The Bertz CT molecular complexity index is 579. The van der Waals surface area contributed by atoms with Crippen molar-refractivity contribution >= 4 is 17.1 Å². The lowest BCUT2D eigenvalue weighted by Gasteiger charge is -2.09. The molecule has 0 fully saturated rings. The summed E-state index contributed by atoms with van der Waals surface area (Å²) in [7, 11) is 0. The fourth-order valence-electron chi connectivity index (χ4n) is 1.74. The predicted molar refractivity (Wildman–Crippen MR) is 68.3 cm³/mol. The number of carbonyl (C=O) groups is 1. The molecule has 0 saturated heterocycles. The van der Waals surface area contributed by atoms with Crippen molar-refractivity contribution in [1.29, 1.82) is 0 Å². The van der Waals surface area contributed by atoms with E-state index in [1.807, 2.05) is 36.4 Å². The van der Waals surface area contributed by atoms with Crippen LogP contribution in [-0.4, -0.2) is 12.9 Å². The third-order valence-corrected chi connectivity index (χ3v) is 2.55. The Morgan fingerprint density at radius 3 is 2.82 bits per heavy atom. The predicted octanol–water partition coefficient (Wildman–Crippen LogP) is 3.05. The second-order valence-corrected chi connectivity index (χ2v) is 3.62. The van der Waals surface area contributed by atoms with Gasteiger partial charge in [-0.15, -0.1) is 12.3 Å². The zero-order chi connectivity index (χ0) is 12.1. The van der Waals surface area contributed by atoms with Crippen molar-refractivity contribution in [3.8, 4) is 18.1 Å². The van der Waals surface area contributed by atoms with E-state index in [2.05, 4.69) is 5.92 Å². The number of ether oxygens (including phenoxy) is 1. The molecule has 0 aromatic heterocycles. The van der Waals surface area contributed by atoms with E-state index in [-0.39, 0.29) is 0 Å². The van der Waals surface area contributed by atoms with Gasteiger partial charge in [0, 0.05) is 6.42 Å². The van der Waals surface area contributed by atoms with Crippen LogP contribution in [-0.2, 0) is 0 Å². The molecule has 0 saturated carbocycles. The maximum absolute atomic E-state index is 11.2. The first-order valence-corrected chi connectivity index (χ1v) is 5.40. The maximum atomic E-state index is 11.2. The molecule has 0 heterocycles. The lowest BCUT2D eigenvalue weighted by molar-refractivity contribution is 0.112. The van der Waals surface area contributed by atoms with Gasteiger partial charge in [0.05, 0.1) is 12.2 Å². The van der Waals surface area contributed by atoms with Gasteiger partial charge in [-0.25, -0.2) is 0 Å². The quantitative estimate of drug-likeness (QED) is 0.453. The minimum absolute atomic E-state index is 0.426. The maximum Gasteiger partial charge on any atom is 0.154 e. The van der Waals surface area contributed by atoms with Crippen molar-refractivity contribution < 1.29 is 9.53 Å². The number of aldehydes is 1. The Labute approximate surface area is 100 Å². The summed E-state index contributed by atoms with van der Waals surface area (Å²) in [6.45, 7) is 0.426. The van der Waals surface area contributed by atoms with Crippen LogP contribution in [0.2, 0.25) is 0 Å². The second kappa shape index (κ2) is 5.18. The number of hydrogen-bond acceptors (Lipinski definition) is 2. The highest BCUT2D eigenvalue weighted by Crippen LogP contribution is 2.26. The summed E-state index contributed by atoms with van der Waals surface area (Å²) >= 11 is 0. The van der Waals surface area contributed by atoms with Gasteiger partial charge in [0.2, 0.25) is 0 Å². The van der Waals surface area contributed by atoms with Crippen LogP contribution in [0.4, 0.5) is 0 Å². The summed E-state index contributed by atoms with van der Waals surface area (Å²) in [6, 6.07) is 11.5. The Balaban J connectivity index is 2.43. The molecule has 2 nitrogen and oxygen atoms in total. The number of terminal acetylenes is 1. The molecule has 2 rings (SSSR count). The van der Waals surface area contributed by atoms with Gasteiger partial charge in [-0.3, -0.25) is 4.79 Å². The van der Waals surface area contributed by atoms with Gasteiger partial charge in [0.1, 0.15) is 5.75 Å². The number of hydrogen-bond donors (Lipinski definition) is 0. The lowest BCUT2D eigenvalue weighted by Crippen LogP contribution is -1.99. The molecule has 0 radical (unpaired) electrons. The first-order chi connectivity index (χ1) is 8.36. The first kappa shape index (κ1) is 11.2. The number of carbonyl (C=O) groups excluding carboxylic acids is 1. The van der Waals surface area contributed by atoms with E-state index < -0.39 is 0 Å². The number of benzene rings is 2. The smallest absolute Gasteiger partial charge is 0.154 e. The molecule has 0 amide bonds. The molecule has 84 valence electrons. The van der Waals surface area contributed by atoms with Gasteiger partial charge in [0.25, 0.3) is 0 Å². The first-order valence-electron chi connectivity index (χ1n) is 5.40. The van der Waals surface area contributed by atoms with E-state index in [4.69, 9.17) is 11.2 Å². The molecule has 0 aliphatic heterocycles. The molecule has 0 spiro atoms. The molecule has 0 aliphatic carbocycles. The van der Waals surface area contributed by atoms with Crippen molar-refractivity contribution in [2.75, 3.05) is 6.61 Å². The van der Waals surface area contributed by atoms with Gasteiger partial charge in [-0.05, 0) is 16.8 Å². The van der Waals surface area contributed by atoms with Crippen LogP contribution in [0.1, 0.15) is 16.8 Å². The molecular weight excluding hydrogens is 212 g/mol. The largest absolute Gasteiger partial charge is 0.492 e. The fourth-order valence-corrected chi connectivity index (χ4v) is 1.74. The van der Waals surface area contributed by atoms with Crippen molar-refractivity contribution in [3.05, 3.63) is 42.0 Å². The van der Waals surface area contributed by atoms with Crippen LogP contribution in [0, 0.1) is 12.3 Å². The van der Waals surface area contributed by atoms with E-state index in [0.29, 0.717) is 24.3 Å². The normalized spacial score (nSPS) is 9.82. The summed E-state index contributed by atoms with van der Waals surface area (Å²) in [5.74, 6) is 3.09. The molecule has 2 aromatic rings. The average molecular weight is 224 g/mol. The summed E-state index contributed by atoms with van der Waals surface area (Å²) < 4.78 is 5.50. The van der Waals surface area contributed by atoms with E-state index in [1.54, 1.807) is 0 Å².